The molecule has 7 heteroatoms. The molecule has 2 amide bonds. The first-order valence-corrected chi connectivity index (χ1v) is 12.2. The summed E-state index contributed by atoms with van der Waals surface area (Å²) in [4.78, 5) is 40.9. The standard InChI is InChI=1S/C28H34N2O5/c1-27(2,3)35-26(34)29-15-13-28(14-16-29)17-23(28)24(31)30(18-20-7-5-4-6-8-20)19-21-9-11-22(12-10-21)25(32)33/h4-12,23H,13-19H2,1-3H3,(H,32,33)/t23-/m0/s1. The van der Waals surface area contributed by atoms with Crippen LogP contribution in [-0.4, -0.2) is 51.6 Å². The Morgan fingerprint density at radius 2 is 1.54 bits per heavy atom. The molecular formula is C28H34N2O5. The number of ether oxygens (including phenoxy) is 1. The molecule has 0 radical (unpaired) electrons. The van der Waals surface area contributed by atoms with E-state index in [1.807, 2.05) is 56.0 Å². The predicted molar refractivity (Wildman–Crippen MR) is 132 cm³/mol. The molecule has 7 nitrogen and oxygen atoms in total. The summed E-state index contributed by atoms with van der Waals surface area (Å²) in [5.41, 5.74) is 1.61. The van der Waals surface area contributed by atoms with Gasteiger partial charge in [-0.1, -0.05) is 42.5 Å². The van der Waals surface area contributed by atoms with Crippen molar-refractivity contribution in [2.75, 3.05) is 13.1 Å². The van der Waals surface area contributed by atoms with Crippen molar-refractivity contribution in [3.05, 3.63) is 71.3 Å². The number of rotatable bonds is 6. The van der Waals surface area contributed by atoms with Crippen molar-refractivity contribution in [3.8, 4) is 0 Å². The molecule has 2 aromatic carbocycles. The number of benzene rings is 2. The summed E-state index contributed by atoms with van der Waals surface area (Å²) in [5.74, 6) is -0.890. The van der Waals surface area contributed by atoms with Crippen molar-refractivity contribution in [2.24, 2.45) is 11.3 Å². The highest BCUT2D eigenvalue weighted by Crippen LogP contribution is 2.60. The number of piperidine rings is 1. The van der Waals surface area contributed by atoms with Crippen molar-refractivity contribution in [1.29, 1.82) is 0 Å². The monoisotopic (exact) mass is 478 g/mol. The van der Waals surface area contributed by atoms with E-state index in [-0.39, 0.29) is 28.9 Å². The van der Waals surface area contributed by atoms with E-state index >= 15 is 0 Å². The zero-order valence-corrected chi connectivity index (χ0v) is 20.7. The third-order valence-corrected chi connectivity index (χ3v) is 7.00. The fourth-order valence-electron chi connectivity index (χ4n) is 4.92. The molecule has 2 fully saturated rings. The van der Waals surface area contributed by atoms with E-state index in [1.165, 1.54) is 0 Å². The molecule has 2 aromatic rings. The smallest absolute Gasteiger partial charge is 0.410 e. The Hall–Kier alpha value is -3.35. The lowest BCUT2D eigenvalue weighted by Gasteiger charge is -2.34. The number of hydrogen-bond acceptors (Lipinski definition) is 4. The molecule has 1 saturated carbocycles. The normalized spacial score (nSPS) is 18.7. The van der Waals surface area contributed by atoms with Gasteiger partial charge in [0, 0.05) is 32.1 Å². The Labute approximate surface area is 206 Å². The number of carboxylic acids is 1. The third kappa shape index (κ3) is 6.02. The second-order valence-electron chi connectivity index (χ2n) is 10.8. The average Bonchev–Trinajstić information content (AvgIpc) is 3.51. The zero-order chi connectivity index (χ0) is 25.2. The Morgan fingerprint density at radius 3 is 2.09 bits per heavy atom. The van der Waals surface area contributed by atoms with Crippen LogP contribution in [0.4, 0.5) is 4.79 Å². The summed E-state index contributed by atoms with van der Waals surface area (Å²) in [6.07, 6.45) is 2.16. The fourth-order valence-corrected chi connectivity index (χ4v) is 4.92. The molecular weight excluding hydrogens is 444 g/mol. The lowest BCUT2D eigenvalue weighted by molar-refractivity contribution is -0.135. The Morgan fingerprint density at radius 1 is 0.971 bits per heavy atom. The van der Waals surface area contributed by atoms with Gasteiger partial charge in [-0.3, -0.25) is 4.79 Å². The number of carbonyl (C=O) groups is 3. The molecule has 1 saturated heterocycles. The number of hydrogen-bond donors (Lipinski definition) is 1. The second-order valence-corrected chi connectivity index (χ2v) is 10.8. The highest BCUT2D eigenvalue weighted by atomic mass is 16.6. The van der Waals surface area contributed by atoms with Gasteiger partial charge in [-0.25, -0.2) is 9.59 Å². The number of carboxylic acid groups (broad SMARTS) is 1. The van der Waals surface area contributed by atoms with E-state index in [0.29, 0.717) is 26.2 Å². The lowest BCUT2D eigenvalue weighted by atomic mass is 9.90. The number of amides is 2. The average molecular weight is 479 g/mol. The molecule has 1 spiro atoms. The quantitative estimate of drug-likeness (QED) is 0.635. The van der Waals surface area contributed by atoms with Gasteiger partial charge in [0.15, 0.2) is 0 Å². The summed E-state index contributed by atoms with van der Waals surface area (Å²) in [6, 6.07) is 16.6. The summed E-state index contributed by atoms with van der Waals surface area (Å²) in [6.45, 7) is 7.72. The molecule has 1 atom stereocenters. The second kappa shape index (κ2) is 9.72. The van der Waals surface area contributed by atoms with Crippen LogP contribution in [0.25, 0.3) is 0 Å². The van der Waals surface area contributed by atoms with E-state index in [1.54, 1.807) is 29.2 Å². The van der Waals surface area contributed by atoms with Crippen LogP contribution in [0.3, 0.4) is 0 Å². The molecule has 1 heterocycles. The zero-order valence-electron chi connectivity index (χ0n) is 20.7. The molecule has 0 bridgehead atoms. The minimum atomic E-state index is -0.966. The predicted octanol–water partition coefficient (Wildman–Crippen LogP) is 4.95. The van der Waals surface area contributed by atoms with Crippen LogP contribution in [0.15, 0.2) is 54.6 Å². The number of aromatic carboxylic acids is 1. The van der Waals surface area contributed by atoms with Crippen molar-refractivity contribution >= 4 is 18.0 Å². The van der Waals surface area contributed by atoms with Gasteiger partial charge in [0.1, 0.15) is 5.60 Å². The number of nitrogens with zero attached hydrogens (tertiary/aromatic N) is 2. The van der Waals surface area contributed by atoms with E-state index < -0.39 is 11.6 Å². The van der Waals surface area contributed by atoms with E-state index in [4.69, 9.17) is 4.74 Å². The Balaban J connectivity index is 1.43. The van der Waals surface area contributed by atoms with Gasteiger partial charge in [-0.2, -0.15) is 0 Å². The van der Waals surface area contributed by atoms with Crippen LogP contribution in [-0.2, 0) is 22.6 Å². The lowest BCUT2D eigenvalue weighted by Crippen LogP contribution is -2.43. The highest BCUT2D eigenvalue weighted by Gasteiger charge is 2.59. The molecule has 1 aliphatic heterocycles. The number of carbonyl (C=O) groups excluding carboxylic acids is 2. The van der Waals surface area contributed by atoms with Crippen molar-refractivity contribution in [2.45, 2.75) is 58.7 Å². The van der Waals surface area contributed by atoms with Gasteiger partial charge in [0.2, 0.25) is 5.91 Å². The van der Waals surface area contributed by atoms with Crippen molar-refractivity contribution in [1.82, 2.24) is 9.80 Å². The van der Waals surface area contributed by atoms with Crippen LogP contribution in [0.2, 0.25) is 0 Å². The first-order valence-electron chi connectivity index (χ1n) is 12.2. The molecule has 186 valence electrons. The number of likely N-dealkylation sites (tertiary alicyclic amines) is 1. The van der Waals surface area contributed by atoms with Gasteiger partial charge >= 0.3 is 12.1 Å². The van der Waals surface area contributed by atoms with Gasteiger partial charge in [0.25, 0.3) is 0 Å². The minimum Gasteiger partial charge on any atom is -0.478 e. The first kappa shape index (κ1) is 24.8. The largest absolute Gasteiger partial charge is 0.478 e. The fraction of sp³-hybridized carbons (Fsp3) is 0.464. The van der Waals surface area contributed by atoms with Crippen LogP contribution in [0.1, 0.15) is 61.5 Å². The molecule has 2 aliphatic rings. The molecule has 1 aliphatic carbocycles. The summed E-state index contributed by atoms with van der Waals surface area (Å²) in [5, 5.41) is 9.17. The Bertz CT molecular complexity index is 1070. The molecule has 4 rings (SSSR count). The topological polar surface area (TPSA) is 87.2 Å². The molecule has 0 aromatic heterocycles. The third-order valence-electron chi connectivity index (χ3n) is 7.00. The van der Waals surface area contributed by atoms with Crippen LogP contribution in [0, 0.1) is 11.3 Å². The maximum atomic E-state index is 13.7. The van der Waals surface area contributed by atoms with Gasteiger partial charge in [-0.05, 0) is 68.7 Å². The van der Waals surface area contributed by atoms with E-state index in [9.17, 15) is 19.5 Å². The van der Waals surface area contributed by atoms with E-state index in [0.717, 1.165) is 30.4 Å². The molecule has 0 unspecified atom stereocenters. The van der Waals surface area contributed by atoms with Crippen LogP contribution >= 0.6 is 0 Å². The van der Waals surface area contributed by atoms with Crippen molar-refractivity contribution < 1.29 is 24.2 Å². The van der Waals surface area contributed by atoms with Gasteiger partial charge in [-0.15, -0.1) is 0 Å². The van der Waals surface area contributed by atoms with Crippen LogP contribution < -0.4 is 0 Å². The first-order chi connectivity index (χ1) is 16.6. The van der Waals surface area contributed by atoms with Crippen molar-refractivity contribution in [3.63, 3.8) is 0 Å². The maximum absolute atomic E-state index is 13.7. The van der Waals surface area contributed by atoms with E-state index in [2.05, 4.69) is 0 Å². The Kier molecular flexibility index (Phi) is 6.88. The van der Waals surface area contributed by atoms with Crippen LogP contribution in [0.5, 0.6) is 0 Å². The summed E-state index contributed by atoms with van der Waals surface area (Å²) < 4.78 is 5.51. The highest BCUT2D eigenvalue weighted by molar-refractivity contribution is 5.87. The van der Waals surface area contributed by atoms with Gasteiger partial charge < -0.3 is 19.6 Å². The molecule has 35 heavy (non-hydrogen) atoms. The molecule has 1 N–H and O–H groups in total. The summed E-state index contributed by atoms with van der Waals surface area (Å²) >= 11 is 0. The summed E-state index contributed by atoms with van der Waals surface area (Å²) in [7, 11) is 0. The maximum Gasteiger partial charge on any atom is 0.410 e. The SMILES string of the molecule is CC(C)(C)OC(=O)N1CCC2(CC1)C[C@H]2C(=O)N(Cc1ccccc1)Cc1ccc(C(=O)O)cc1. The minimum absolute atomic E-state index is 0.0439. The van der Waals surface area contributed by atoms with Gasteiger partial charge in [0.05, 0.1) is 5.56 Å².